The lowest BCUT2D eigenvalue weighted by molar-refractivity contribution is -0.133. The van der Waals surface area contributed by atoms with E-state index in [0.29, 0.717) is 13.1 Å². The second-order valence-corrected chi connectivity index (χ2v) is 4.25. The van der Waals surface area contributed by atoms with Gasteiger partial charge in [0.05, 0.1) is 6.04 Å². The van der Waals surface area contributed by atoms with E-state index in [4.69, 9.17) is 11.5 Å². The summed E-state index contributed by atoms with van der Waals surface area (Å²) in [5, 5.41) is 0. The van der Waals surface area contributed by atoms with E-state index in [2.05, 4.69) is 0 Å². The molecule has 0 fully saturated rings. The van der Waals surface area contributed by atoms with Crippen molar-refractivity contribution in [2.24, 2.45) is 11.5 Å². The Hall–Kier alpha value is -1.59. The number of carbonyl (C=O) groups excluding carboxylic acids is 2. The van der Waals surface area contributed by atoms with Gasteiger partial charge in [-0.15, -0.1) is 12.4 Å². The van der Waals surface area contributed by atoms with Crippen LogP contribution in [0.25, 0.3) is 0 Å². The Morgan fingerprint density at radius 3 is 2.32 bits per heavy atom. The molecule has 1 atom stereocenters. The van der Waals surface area contributed by atoms with Gasteiger partial charge >= 0.3 is 0 Å². The molecule has 0 aromatic heterocycles. The van der Waals surface area contributed by atoms with E-state index in [9.17, 15) is 9.59 Å². The normalized spacial score (nSPS) is 11.3. The number of benzene rings is 1. The molecule has 0 bridgehead atoms. The van der Waals surface area contributed by atoms with Crippen LogP contribution in [0.2, 0.25) is 0 Å². The quantitative estimate of drug-likeness (QED) is 0.804. The van der Waals surface area contributed by atoms with Gasteiger partial charge in [0, 0.05) is 19.5 Å². The van der Waals surface area contributed by atoms with Crippen molar-refractivity contribution in [2.45, 2.75) is 25.9 Å². The fraction of sp³-hybridized carbons (Fsp3) is 0.385. The van der Waals surface area contributed by atoms with Gasteiger partial charge in [0.2, 0.25) is 11.8 Å². The largest absolute Gasteiger partial charge is 0.370 e. The zero-order chi connectivity index (χ0) is 13.5. The zero-order valence-electron chi connectivity index (χ0n) is 10.9. The summed E-state index contributed by atoms with van der Waals surface area (Å²) in [6.45, 7) is 2.36. The van der Waals surface area contributed by atoms with Gasteiger partial charge in [0.25, 0.3) is 0 Å². The Balaban J connectivity index is 0.00000324. The van der Waals surface area contributed by atoms with Crippen LogP contribution in [0.15, 0.2) is 30.3 Å². The van der Waals surface area contributed by atoms with Crippen molar-refractivity contribution in [1.82, 2.24) is 4.90 Å². The first-order chi connectivity index (χ1) is 8.50. The average Bonchev–Trinajstić information content (AvgIpc) is 2.34. The van der Waals surface area contributed by atoms with Crippen LogP contribution in [0, 0.1) is 0 Å². The number of carbonyl (C=O) groups is 2. The third-order valence-electron chi connectivity index (χ3n) is 2.55. The molecule has 0 heterocycles. The molecule has 1 aromatic rings. The predicted octanol–water partition coefficient (Wildman–Crippen LogP) is 0.660. The van der Waals surface area contributed by atoms with Crippen molar-refractivity contribution in [2.75, 3.05) is 6.54 Å². The Bertz CT molecular complexity index is 410. The highest BCUT2D eigenvalue weighted by Crippen LogP contribution is 2.06. The molecule has 0 radical (unpaired) electrons. The van der Waals surface area contributed by atoms with E-state index in [0.717, 1.165) is 5.56 Å². The Morgan fingerprint density at radius 1 is 1.26 bits per heavy atom. The molecule has 0 aliphatic heterocycles. The van der Waals surface area contributed by atoms with E-state index in [-0.39, 0.29) is 24.7 Å². The maximum Gasteiger partial charge on any atom is 0.239 e. The van der Waals surface area contributed by atoms with Crippen LogP contribution in [0.5, 0.6) is 0 Å². The summed E-state index contributed by atoms with van der Waals surface area (Å²) < 4.78 is 0. The molecule has 0 saturated heterocycles. The first-order valence-electron chi connectivity index (χ1n) is 5.87. The molecule has 19 heavy (non-hydrogen) atoms. The van der Waals surface area contributed by atoms with Crippen LogP contribution in [0.3, 0.4) is 0 Å². The fourth-order valence-electron chi connectivity index (χ4n) is 1.60. The lowest BCUT2D eigenvalue weighted by Crippen LogP contribution is -2.42. The SMILES string of the molecule is CC(N)C(=O)N(CCC(N)=O)Cc1ccccc1.Cl. The number of nitrogens with zero attached hydrogens (tertiary/aromatic N) is 1. The van der Waals surface area contributed by atoms with Crippen molar-refractivity contribution < 1.29 is 9.59 Å². The Labute approximate surface area is 119 Å². The molecular formula is C13H20ClN3O2. The first-order valence-corrected chi connectivity index (χ1v) is 5.87. The molecule has 4 N–H and O–H groups in total. The molecule has 0 aliphatic rings. The minimum Gasteiger partial charge on any atom is -0.370 e. The predicted molar refractivity (Wildman–Crippen MR) is 76.6 cm³/mol. The van der Waals surface area contributed by atoms with Gasteiger partial charge in [-0.25, -0.2) is 0 Å². The van der Waals surface area contributed by atoms with E-state index < -0.39 is 11.9 Å². The minimum absolute atomic E-state index is 0. The highest BCUT2D eigenvalue weighted by atomic mass is 35.5. The summed E-state index contributed by atoms with van der Waals surface area (Å²) in [7, 11) is 0. The molecule has 1 unspecified atom stereocenters. The highest BCUT2D eigenvalue weighted by Gasteiger charge is 2.18. The standard InChI is InChI=1S/C13H19N3O2.ClH/c1-10(14)13(18)16(8-7-12(15)17)9-11-5-3-2-4-6-11;/h2-6,10H,7-9,14H2,1H3,(H2,15,17);1H. The molecule has 106 valence electrons. The Morgan fingerprint density at radius 2 is 1.84 bits per heavy atom. The molecular weight excluding hydrogens is 266 g/mol. The second kappa shape index (κ2) is 8.50. The Kier molecular flexibility index (Phi) is 7.79. The van der Waals surface area contributed by atoms with E-state index >= 15 is 0 Å². The van der Waals surface area contributed by atoms with Crippen molar-refractivity contribution >= 4 is 24.2 Å². The van der Waals surface area contributed by atoms with Crippen LogP contribution in [-0.2, 0) is 16.1 Å². The topological polar surface area (TPSA) is 89.4 Å². The molecule has 0 aliphatic carbocycles. The van der Waals surface area contributed by atoms with Crippen LogP contribution in [-0.4, -0.2) is 29.3 Å². The average molecular weight is 286 g/mol. The zero-order valence-corrected chi connectivity index (χ0v) is 11.7. The highest BCUT2D eigenvalue weighted by molar-refractivity contribution is 5.85. The van der Waals surface area contributed by atoms with E-state index in [1.54, 1.807) is 11.8 Å². The lowest BCUT2D eigenvalue weighted by Gasteiger charge is -2.24. The van der Waals surface area contributed by atoms with Crippen molar-refractivity contribution in [1.29, 1.82) is 0 Å². The number of hydrogen-bond acceptors (Lipinski definition) is 3. The molecule has 1 aromatic carbocycles. The van der Waals surface area contributed by atoms with Crippen LogP contribution in [0.1, 0.15) is 18.9 Å². The lowest BCUT2D eigenvalue weighted by atomic mass is 10.2. The minimum atomic E-state index is -0.582. The van der Waals surface area contributed by atoms with Gasteiger partial charge < -0.3 is 16.4 Å². The summed E-state index contributed by atoms with van der Waals surface area (Å²) in [5.74, 6) is -0.606. The first kappa shape index (κ1) is 17.4. The van der Waals surface area contributed by atoms with Gasteiger partial charge in [-0.1, -0.05) is 30.3 Å². The summed E-state index contributed by atoms with van der Waals surface area (Å²) in [6.07, 6.45) is 0.144. The number of nitrogens with two attached hydrogens (primary N) is 2. The van der Waals surface area contributed by atoms with Crippen LogP contribution in [0.4, 0.5) is 0 Å². The van der Waals surface area contributed by atoms with Crippen molar-refractivity contribution in [3.63, 3.8) is 0 Å². The monoisotopic (exact) mass is 285 g/mol. The summed E-state index contributed by atoms with van der Waals surface area (Å²) in [5.41, 5.74) is 11.7. The molecule has 2 amide bonds. The van der Waals surface area contributed by atoms with Gasteiger partial charge in [0.1, 0.15) is 0 Å². The van der Waals surface area contributed by atoms with Gasteiger partial charge in [0.15, 0.2) is 0 Å². The number of halogens is 1. The summed E-state index contributed by atoms with van der Waals surface area (Å²) >= 11 is 0. The van der Waals surface area contributed by atoms with Gasteiger partial charge in [-0.2, -0.15) is 0 Å². The third-order valence-corrected chi connectivity index (χ3v) is 2.55. The number of primary amides is 1. The third kappa shape index (κ3) is 6.22. The fourth-order valence-corrected chi connectivity index (χ4v) is 1.60. The molecule has 0 spiro atoms. The summed E-state index contributed by atoms with van der Waals surface area (Å²) in [4.78, 5) is 24.3. The molecule has 6 heteroatoms. The van der Waals surface area contributed by atoms with Crippen LogP contribution >= 0.6 is 12.4 Å². The molecule has 5 nitrogen and oxygen atoms in total. The number of rotatable bonds is 6. The second-order valence-electron chi connectivity index (χ2n) is 4.25. The van der Waals surface area contributed by atoms with Gasteiger partial charge in [-0.3, -0.25) is 9.59 Å². The molecule has 0 saturated carbocycles. The van der Waals surface area contributed by atoms with E-state index in [1.165, 1.54) is 0 Å². The van der Waals surface area contributed by atoms with Crippen molar-refractivity contribution in [3.05, 3.63) is 35.9 Å². The smallest absolute Gasteiger partial charge is 0.239 e. The molecule has 1 rings (SSSR count). The summed E-state index contributed by atoms with van der Waals surface area (Å²) in [6, 6.07) is 8.97. The van der Waals surface area contributed by atoms with E-state index in [1.807, 2.05) is 30.3 Å². The maximum absolute atomic E-state index is 11.9. The van der Waals surface area contributed by atoms with Crippen molar-refractivity contribution in [3.8, 4) is 0 Å². The van der Waals surface area contributed by atoms with Crippen LogP contribution < -0.4 is 11.5 Å². The number of hydrogen-bond donors (Lipinski definition) is 2. The number of amides is 2. The maximum atomic E-state index is 11.9. The van der Waals surface area contributed by atoms with Gasteiger partial charge in [-0.05, 0) is 12.5 Å².